The maximum absolute atomic E-state index is 7.00. The number of rotatable bonds is 1. The molecule has 106 valence electrons. The van der Waals surface area contributed by atoms with Crippen LogP contribution in [0.4, 0.5) is 0 Å². The van der Waals surface area contributed by atoms with E-state index in [4.69, 9.17) is 14.6 Å². The molecule has 0 aliphatic carbocycles. The standard InChI is InChI=1S/C7H14O.C4H8O.C2H6.CH4O/c1-2-7-3-5-8-6-4-7;1-2-4-5-3-1;2*1-2/h7H,2-6H2,1H3;1-4H2;1-2H3;2H,1H3. The normalized spacial score (nSPS) is 18.9. The molecule has 0 bridgehead atoms. The predicted molar refractivity (Wildman–Crippen MR) is 73.4 cm³/mol. The molecule has 2 rings (SSSR count). The van der Waals surface area contributed by atoms with Gasteiger partial charge in [0.25, 0.3) is 0 Å². The Bertz CT molecular complexity index is 100. The van der Waals surface area contributed by atoms with Crippen molar-refractivity contribution in [3.63, 3.8) is 0 Å². The zero-order chi connectivity index (χ0) is 13.4. The molecule has 2 heterocycles. The van der Waals surface area contributed by atoms with Gasteiger partial charge in [0.1, 0.15) is 0 Å². The largest absolute Gasteiger partial charge is 0.400 e. The molecule has 3 heteroatoms. The van der Waals surface area contributed by atoms with Crippen LogP contribution in [0, 0.1) is 5.92 Å². The Hall–Kier alpha value is -0.120. The quantitative estimate of drug-likeness (QED) is 0.774. The van der Waals surface area contributed by atoms with Gasteiger partial charge in [-0.2, -0.15) is 0 Å². The zero-order valence-corrected chi connectivity index (χ0v) is 12.2. The van der Waals surface area contributed by atoms with Crippen LogP contribution < -0.4 is 0 Å². The summed E-state index contributed by atoms with van der Waals surface area (Å²) >= 11 is 0. The van der Waals surface area contributed by atoms with E-state index in [0.717, 1.165) is 39.5 Å². The van der Waals surface area contributed by atoms with E-state index >= 15 is 0 Å². The van der Waals surface area contributed by atoms with E-state index in [1.807, 2.05) is 13.8 Å². The molecular weight excluding hydrogens is 216 g/mol. The Kier molecular flexibility index (Phi) is 20.6. The van der Waals surface area contributed by atoms with E-state index in [-0.39, 0.29) is 0 Å². The SMILES string of the molecule is C1CCOC1.CC.CCC1CCOCC1.CO. The molecule has 2 aliphatic heterocycles. The zero-order valence-electron chi connectivity index (χ0n) is 12.2. The van der Waals surface area contributed by atoms with Gasteiger partial charge in [-0.3, -0.25) is 0 Å². The minimum Gasteiger partial charge on any atom is -0.400 e. The van der Waals surface area contributed by atoms with Crippen molar-refractivity contribution in [2.45, 2.75) is 52.9 Å². The highest BCUT2D eigenvalue weighted by Gasteiger charge is 2.09. The van der Waals surface area contributed by atoms with Crippen LogP contribution in [0.25, 0.3) is 0 Å². The molecule has 2 fully saturated rings. The molecule has 0 atom stereocenters. The molecule has 1 N–H and O–H groups in total. The van der Waals surface area contributed by atoms with Crippen LogP contribution in [-0.4, -0.2) is 38.6 Å². The first kappa shape index (κ1) is 19.2. The molecule has 0 saturated carbocycles. The van der Waals surface area contributed by atoms with Crippen molar-refractivity contribution in [1.29, 1.82) is 0 Å². The first-order chi connectivity index (χ1) is 8.43. The summed E-state index contributed by atoms with van der Waals surface area (Å²) in [4.78, 5) is 0. The van der Waals surface area contributed by atoms with Gasteiger partial charge in [-0.1, -0.05) is 27.2 Å². The summed E-state index contributed by atoms with van der Waals surface area (Å²) in [6.45, 7) is 10.3. The second kappa shape index (κ2) is 18.3. The van der Waals surface area contributed by atoms with Gasteiger partial charge in [0.2, 0.25) is 0 Å². The highest BCUT2D eigenvalue weighted by atomic mass is 16.5. The number of ether oxygens (including phenoxy) is 2. The number of aliphatic hydroxyl groups excluding tert-OH is 1. The smallest absolute Gasteiger partial charge is 0.0468 e. The lowest BCUT2D eigenvalue weighted by molar-refractivity contribution is 0.0654. The van der Waals surface area contributed by atoms with Gasteiger partial charge in [-0.15, -0.1) is 0 Å². The van der Waals surface area contributed by atoms with Crippen molar-refractivity contribution >= 4 is 0 Å². The molecule has 17 heavy (non-hydrogen) atoms. The summed E-state index contributed by atoms with van der Waals surface area (Å²) in [6, 6.07) is 0. The Morgan fingerprint density at radius 3 is 1.53 bits per heavy atom. The van der Waals surface area contributed by atoms with Crippen LogP contribution in [0.1, 0.15) is 52.9 Å². The van der Waals surface area contributed by atoms with Gasteiger partial charge in [0, 0.05) is 33.5 Å². The average molecular weight is 248 g/mol. The molecule has 0 aromatic heterocycles. The molecule has 0 radical (unpaired) electrons. The van der Waals surface area contributed by atoms with Gasteiger partial charge in [0.15, 0.2) is 0 Å². The first-order valence-corrected chi connectivity index (χ1v) is 7.03. The summed E-state index contributed by atoms with van der Waals surface area (Å²) in [5.74, 6) is 0.962. The topological polar surface area (TPSA) is 38.7 Å². The van der Waals surface area contributed by atoms with Crippen molar-refractivity contribution in [3.05, 3.63) is 0 Å². The van der Waals surface area contributed by atoms with Crippen LogP contribution in [-0.2, 0) is 9.47 Å². The van der Waals surface area contributed by atoms with E-state index in [9.17, 15) is 0 Å². The molecule has 3 nitrogen and oxygen atoms in total. The fraction of sp³-hybridized carbons (Fsp3) is 1.00. The monoisotopic (exact) mass is 248 g/mol. The lowest BCUT2D eigenvalue weighted by Crippen LogP contribution is -2.14. The third-order valence-electron chi connectivity index (χ3n) is 2.75. The molecule has 0 aromatic carbocycles. The lowest BCUT2D eigenvalue weighted by atomic mass is 9.98. The Balaban J connectivity index is 0. The summed E-state index contributed by atoms with van der Waals surface area (Å²) in [6.07, 6.45) is 6.47. The van der Waals surface area contributed by atoms with Crippen LogP contribution in [0.15, 0.2) is 0 Å². The minimum atomic E-state index is 0.962. The molecule has 0 spiro atoms. The van der Waals surface area contributed by atoms with E-state index in [0.29, 0.717) is 0 Å². The van der Waals surface area contributed by atoms with E-state index in [2.05, 4.69) is 6.92 Å². The van der Waals surface area contributed by atoms with Crippen molar-refractivity contribution in [2.24, 2.45) is 5.92 Å². The second-order valence-corrected chi connectivity index (χ2v) is 3.78. The Morgan fingerprint density at radius 1 is 0.882 bits per heavy atom. The van der Waals surface area contributed by atoms with Crippen molar-refractivity contribution in [2.75, 3.05) is 33.5 Å². The van der Waals surface area contributed by atoms with E-state index in [1.54, 1.807) is 0 Å². The van der Waals surface area contributed by atoms with Crippen LogP contribution >= 0.6 is 0 Å². The van der Waals surface area contributed by atoms with Crippen molar-refractivity contribution in [1.82, 2.24) is 0 Å². The lowest BCUT2D eigenvalue weighted by Gasteiger charge is -2.19. The van der Waals surface area contributed by atoms with Crippen LogP contribution in [0.5, 0.6) is 0 Å². The van der Waals surface area contributed by atoms with Gasteiger partial charge in [-0.25, -0.2) is 0 Å². The fourth-order valence-electron chi connectivity index (χ4n) is 1.66. The summed E-state index contributed by atoms with van der Waals surface area (Å²) in [5.41, 5.74) is 0. The fourth-order valence-corrected chi connectivity index (χ4v) is 1.66. The van der Waals surface area contributed by atoms with Crippen LogP contribution in [0.3, 0.4) is 0 Å². The summed E-state index contributed by atoms with van der Waals surface area (Å²) < 4.78 is 10.1. The van der Waals surface area contributed by atoms with Gasteiger partial charge in [0.05, 0.1) is 0 Å². The Labute approximate surface area is 108 Å². The maximum atomic E-state index is 7.00. The molecule has 2 saturated heterocycles. The Morgan fingerprint density at radius 2 is 1.29 bits per heavy atom. The highest BCUT2D eigenvalue weighted by Crippen LogP contribution is 2.16. The predicted octanol–water partition coefficient (Wildman–Crippen LogP) is 3.25. The van der Waals surface area contributed by atoms with Crippen molar-refractivity contribution in [3.8, 4) is 0 Å². The van der Waals surface area contributed by atoms with Crippen LogP contribution in [0.2, 0.25) is 0 Å². The molecule has 2 aliphatic rings. The molecule has 0 unspecified atom stereocenters. The third-order valence-corrected chi connectivity index (χ3v) is 2.75. The number of hydrogen-bond acceptors (Lipinski definition) is 3. The third kappa shape index (κ3) is 13.8. The summed E-state index contributed by atoms with van der Waals surface area (Å²) in [5, 5.41) is 7.00. The number of aliphatic hydroxyl groups is 1. The summed E-state index contributed by atoms with van der Waals surface area (Å²) in [7, 11) is 1.00. The van der Waals surface area contributed by atoms with Gasteiger partial charge < -0.3 is 14.6 Å². The van der Waals surface area contributed by atoms with Gasteiger partial charge in [-0.05, 0) is 31.6 Å². The molecular formula is C14H32O3. The maximum Gasteiger partial charge on any atom is 0.0468 e. The molecule has 0 amide bonds. The highest BCUT2D eigenvalue weighted by molar-refractivity contribution is 4.60. The second-order valence-electron chi connectivity index (χ2n) is 3.78. The average Bonchev–Trinajstić information content (AvgIpc) is 3.03. The number of hydrogen-bond donors (Lipinski definition) is 1. The molecule has 0 aromatic rings. The van der Waals surface area contributed by atoms with Crippen molar-refractivity contribution < 1.29 is 14.6 Å². The minimum absolute atomic E-state index is 0.962. The van der Waals surface area contributed by atoms with E-state index in [1.165, 1.54) is 32.1 Å². The van der Waals surface area contributed by atoms with E-state index < -0.39 is 0 Å². The first-order valence-electron chi connectivity index (χ1n) is 7.03. The van der Waals surface area contributed by atoms with Gasteiger partial charge >= 0.3 is 0 Å².